The van der Waals surface area contributed by atoms with Gasteiger partial charge in [-0.15, -0.1) is 24.0 Å². The number of carbonyl (C=O) groups excluding carboxylic acids is 1. The minimum Gasteiger partial charge on any atom is -0.381 e. The highest BCUT2D eigenvalue weighted by Crippen LogP contribution is 2.12. The van der Waals surface area contributed by atoms with Crippen LogP contribution in [0.15, 0.2) is 29.3 Å². The van der Waals surface area contributed by atoms with Gasteiger partial charge in [0.1, 0.15) is 0 Å². The standard InChI is InChI=1S/C22H37N5O3.HI/c1-23-22(25-9-5-12-29-16-19-8-13-30-17-19)26-15-18-6-4-7-20(14-18)21(28)24-10-11-27(2)3;/h4,6-7,14,19H,5,8-13,15-17H2,1-3H3,(H,24,28)(H2,23,25,26);1H. The fourth-order valence-corrected chi connectivity index (χ4v) is 3.07. The number of guanidine groups is 1. The van der Waals surface area contributed by atoms with E-state index in [2.05, 4.69) is 20.9 Å². The predicted octanol–water partition coefficient (Wildman–Crippen LogP) is 1.70. The van der Waals surface area contributed by atoms with Gasteiger partial charge in [0.2, 0.25) is 0 Å². The lowest BCUT2D eigenvalue weighted by Gasteiger charge is -2.13. The summed E-state index contributed by atoms with van der Waals surface area (Å²) >= 11 is 0. The highest BCUT2D eigenvalue weighted by Gasteiger charge is 2.15. The lowest BCUT2D eigenvalue weighted by atomic mass is 10.1. The SMILES string of the molecule is CN=C(NCCCOCC1CCOC1)NCc1cccc(C(=O)NCCN(C)C)c1.I. The molecule has 0 aliphatic carbocycles. The lowest BCUT2D eigenvalue weighted by molar-refractivity contribution is 0.0888. The van der Waals surface area contributed by atoms with Gasteiger partial charge in [-0.2, -0.15) is 0 Å². The molecule has 1 aromatic rings. The first-order chi connectivity index (χ1) is 14.6. The quantitative estimate of drug-likeness (QED) is 0.160. The topological polar surface area (TPSA) is 87.2 Å². The molecule has 0 spiro atoms. The summed E-state index contributed by atoms with van der Waals surface area (Å²) in [4.78, 5) is 18.6. The zero-order chi connectivity index (χ0) is 21.6. The molecule has 1 aliphatic heterocycles. The number of likely N-dealkylation sites (N-methyl/N-ethyl adjacent to an activating group) is 1. The van der Waals surface area contributed by atoms with Gasteiger partial charge in [0.25, 0.3) is 5.91 Å². The van der Waals surface area contributed by atoms with Crippen molar-refractivity contribution in [2.24, 2.45) is 10.9 Å². The maximum Gasteiger partial charge on any atom is 0.251 e. The van der Waals surface area contributed by atoms with Gasteiger partial charge in [-0.1, -0.05) is 12.1 Å². The Bertz CT molecular complexity index is 666. The first-order valence-corrected chi connectivity index (χ1v) is 10.7. The Morgan fingerprint density at radius 3 is 2.81 bits per heavy atom. The van der Waals surface area contributed by atoms with Gasteiger partial charge in [0.05, 0.1) is 13.2 Å². The van der Waals surface area contributed by atoms with E-state index >= 15 is 0 Å². The summed E-state index contributed by atoms with van der Waals surface area (Å²) in [6.07, 6.45) is 2.02. The van der Waals surface area contributed by atoms with Crippen molar-refractivity contribution < 1.29 is 14.3 Å². The van der Waals surface area contributed by atoms with Gasteiger partial charge in [-0.05, 0) is 44.6 Å². The number of nitrogens with one attached hydrogen (secondary N) is 3. The number of hydrogen-bond donors (Lipinski definition) is 3. The molecular formula is C22H38IN5O3. The van der Waals surface area contributed by atoms with Gasteiger partial charge in [-0.25, -0.2) is 0 Å². The third-order valence-electron chi connectivity index (χ3n) is 4.85. The molecule has 3 N–H and O–H groups in total. The Labute approximate surface area is 203 Å². The number of amides is 1. The van der Waals surface area contributed by atoms with E-state index in [-0.39, 0.29) is 29.9 Å². The van der Waals surface area contributed by atoms with Crippen molar-refractivity contribution in [2.45, 2.75) is 19.4 Å². The minimum absolute atomic E-state index is 0. The number of hydrogen-bond acceptors (Lipinski definition) is 5. The van der Waals surface area contributed by atoms with E-state index in [1.54, 1.807) is 7.05 Å². The Morgan fingerprint density at radius 2 is 2.10 bits per heavy atom. The van der Waals surface area contributed by atoms with Crippen LogP contribution in [0.25, 0.3) is 0 Å². The molecule has 0 radical (unpaired) electrons. The molecule has 1 aliphatic rings. The average Bonchev–Trinajstić information content (AvgIpc) is 3.26. The molecule has 31 heavy (non-hydrogen) atoms. The highest BCUT2D eigenvalue weighted by molar-refractivity contribution is 14.0. The summed E-state index contributed by atoms with van der Waals surface area (Å²) in [5.74, 6) is 1.24. The molecule has 2 rings (SSSR count). The third-order valence-corrected chi connectivity index (χ3v) is 4.85. The Hall–Kier alpha value is -1.43. The van der Waals surface area contributed by atoms with Crippen LogP contribution in [-0.2, 0) is 16.0 Å². The van der Waals surface area contributed by atoms with Crippen LogP contribution in [0.3, 0.4) is 0 Å². The van der Waals surface area contributed by atoms with E-state index in [1.165, 1.54) is 0 Å². The van der Waals surface area contributed by atoms with Crippen LogP contribution >= 0.6 is 24.0 Å². The lowest BCUT2D eigenvalue weighted by Crippen LogP contribution is -2.37. The van der Waals surface area contributed by atoms with Crippen LogP contribution in [-0.4, -0.2) is 84.0 Å². The van der Waals surface area contributed by atoms with Crippen molar-refractivity contribution >= 4 is 35.8 Å². The molecule has 0 saturated carbocycles. The maximum absolute atomic E-state index is 12.3. The van der Waals surface area contributed by atoms with E-state index in [9.17, 15) is 4.79 Å². The zero-order valence-electron chi connectivity index (χ0n) is 19.0. The molecule has 1 unspecified atom stereocenters. The number of benzene rings is 1. The predicted molar refractivity (Wildman–Crippen MR) is 135 cm³/mol. The largest absolute Gasteiger partial charge is 0.381 e. The first-order valence-electron chi connectivity index (χ1n) is 10.7. The molecule has 9 heteroatoms. The van der Waals surface area contributed by atoms with Crippen molar-refractivity contribution in [2.75, 3.05) is 67.2 Å². The fraction of sp³-hybridized carbons (Fsp3) is 0.636. The molecule has 1 fully saturated rings. The Morgan fingerprint density at radius 1 is 1.26 bits per heavy atom. The van der Waals surface area contributed by atoms with Crippen LogP contribution in [0.1, 0.15) is 28.8 Å². The number of nitrogens with zero attached hydrogens (tertiary/aromatic N) is 2. The van der Waals surface area contributed by atoms with Crippen LogP contribution in [0.5, 0.6) is 0 Å². The molecule has 0 aromatic heterocycles. The first kappa shape index (κ1) is 27.6. The smallest absolute Gasteiger partial charge is 0.251 e. The van der Waals surface area contributed by atoms with Crippen molar-refractivity contribution in [3.63, 3.8) is 0 Å². The second-order valence-electron chi connectivity index (χ2n) is 7.77. The number of ether oxygens (including phenoxy) is 2. The maximum atomic E-state index is 12.3. The van der Waals surface area contributed by atoms with Crippen LogP contribution in [0, 0.1) is 5.92 Å². The van der Waals surface area contributed by atoms with Gasteiger partial charge < -0.3 is 30.3 Å². The molecule has 1 aromatic carbocycles. The molecule has 1 atom stereocenters. The minimum atomic E-state index is -0.0506. The summed E-state index contributed by atoms with van der Waals surface area (Å²) in [6.45, 7) is 6.02. The number of rotatable bonds is 12. The Kier molecular flexibility index (Phi) is 14.5. The fourth-order valence-electron chi connectivity index (χ4n) is 3.07. The normalized spacial score (nSPS) is 16.1. The number of halogens is 1. The van der Waals surface area contributed by atoms with Crippen molar-refractivity contribution in [3.8, 4) is 0 Å². The summed E-state index contributed by atoms with van der Waals surface area (Å²) in [7, 11) is 5.72. The van der Waals surface area contributed by atoms with Gasteiger partial charge >= 0.3 is 0 Å². The molecule has 0 bridgehead atoms. The van der Waals surface area contributed by atoms with E-state index < -0.39 is 0 Å². The summed E-state index contributed by atoms with van der Waals surface area (Å²) in [6, 6.07) is 7.64. The molecule has 1 saturated heterocycles. The van der Waals surface area contributed by atoms with Gasteiger partial charge in [0, 0.05) is 57.9 Å². The second kappa shape index (κ2) is 16.2. The van der Waals surface area contributed by atoms with E-state index in [0.29, 0.717) is 24.6 Å². The van der Waals surface area contributed by atoms with Crippen LogP contribution in [0.2, 0.25) is 0 Å². The monoisotopic (exact) mass is 547 g/mol. The van der Waals surface area contributed by atoms with E-state index in [4.69, 9.17) is 9.47 Å². The second-order valence-corrected chi connectivity index (χ2v) is 7.77. The van der Waals surface area contributed by atoms with Crippen molar-refractivity contribution in [3.05, 3.63) is 35.4 Å². The third kappa shape index (κ3) is 11.7. The molecule has 8 nitrogen and oxygen atoms in total. The molecule has 1 amide bonds. The van der Waals surface area contributed by atoms with Crippen LogP contribution < -0.4 is 16.0 Å². The summed E-state index contributed by atoms with van der Waals surface area (Å²) in [5.41, 5.74) is 1.70. The number of carbonyl (C=O) groups is 1. The molecule has 176 valence electrons. The molecule has 1 heterocycles. The highest BCUT2D eigenvalue weighted by atomic mass is 127. The van der Waals surface area contributed by atoms with E-state index in [1.807, 2.05) is 43.3 Å². The summed E-state index contributed by atoms with van der Waals surface area (Å²) in [5, 5.41) is 9.52. The van der Waals surface area contributed by atoms with Gasteiger partial charge in [-0.3, -0.25) is 9.79 Å². The van der Waals surface area contributed by atoms with Crippen LogP contribution in [0.4, 0.5) is 0 Å². The average molecular weight is 547 g/mol. The van der Waals surface area contributed by atoms with Crippen molar-refractivity contribution in [1.82, 2.24) is 20.9 Å². The Balaban J connectivity index is 0.00000480. The van der Waals surface area contributed by atoms with E-state index in [0.717, 1.165) is 63.9 Å². The zero-order valence-corrected chi connectivity index (χ0v) is 21.3. The number of aliphatic imine (C=N–C) groups is 1. The van der Waals surface area contributed by atoms with Crippen molar-refractivity contribution in [1.29, 1.82) is 0 Å². The molecular weight excluding hydrogens is 509 g/mol. The van der Waals surface area contributed by atoms with Gasteiger partial charge in [0.15, 0.2) is 5.96 Å². The summed E-state index contributed by atoms with van der Waals surface area (Å²) < 4.78 is 11.1.